The van der Waals surface area contributed by atoms with Gasteiger partial charge >= 0.3 is 5.97 Å². The predicted molar refractivity (Wildman–Crippen MR) is 147 cm³/mol. The van der Waals surface area contributed by atoms with Gasteiger partial charge in [0, 0.05) is 19.3 Å². The van der Waals surface area contributed by atoms with Gasteiger partial charge in [-0.25, -0.2) is 0 Å². The van der Waals surface area contributed by atoms with Crippen LogP contribution < -0.4 is 0 Å². The lowest BCUT2D eigenvalue weighted by molar-refractivity contribution is -0.140. The molecule has 0 saturated heterocycles. The Labute approximate surface area is 213 Å². The van der Waals surface area contributed by atoms with E-state index in [1.807, 2.05) is 0 Å². The molecule has 0 aromatic heterocycles. The summed E-state index contributed by atoms with van der Waals surface area (Å²) in [5.41, 5.74) is 0. The zero-order valence-electron chi connectivity index (χ0n) is 23.3. The molecule has 0 atom stereocenters. The van der Waals surface area contributed by atoms with Gasteiger partial charge in [0.2, 0.25) is 0 Å². The minimum atomic E-state index is -0.0888. The fourth-order valence-corrected chi connectivity index (χ4v) is 4.75. The van der Waals surface area contributed by atoms with Gasteiger partial charge < -0.3 is 4.74 Å². The van der Waals surface area contributed by atoms with E-state index in [0.29, 0.717) is 12.2 Å². The molecule has 0 rings (SSSR count). The first-order valence-corrected chi connectivity index (χ1v) is 15.3. The van der Waals surface area contributed by atoms with Gasteiger partial charge in [-0.2, -0.15) is 0 Å². The second-order valence-electron chi connectivity index (χ2n) is 10.5. The smallest absolute Gasteiger partial charge is 0.305 e. The second kappa shape index (κ2) is 28.4. The number of carbonyl (C=O) groups is 2. The number of ketones is 1. The molecule has 0 fully saturated rings. The van der Waals surface area contributed by atoms with Gasteiger partial charge in [0.15, 0.2) is 0 Å². The highest BCUT2D eigenvalue weighted by molar-refractivity contribution is 5.78. The molecular formula is C31H60O3. The molecule has 3 nitrogen and oxygen atoms in total. The predicted octanol–water partition coefficient (Wildman–Crippen LogP) is 10.3. The Bertz CT molecular complexity index is 432. The third-order valence-corrected chi connectivity index (χ3v) is 7.12. The van der Waals surface area contributed by atoms with Crippen LogP contribution >= 0.6 is 0 Å². The van der Waals surface area contributed by atoms with Crippen molar-refractivity contribution < 1.29 is 14.3 Å². The van der Waals surface area contributed by atoms with Crippen molar-refractivity contribution >= 4 is 11.8 Å². The van der Waals surface area contributed by atoms with Crippen molar-refractivity contribution in [1.29, 1.82) is 0 Å². The van der Waals surface area contributed by atoms with Crippen molar-refractivity contribution in [3.63, 3.8) is 0 Å². The normalized spacial score (nSPS) is 11.1. The van der Waals surface area contributed by atoms with Crippen LogP contribution in [0.15, 0.2) is 0 Å². The Morgan fingerprint density at radius 1 is 0.412 bits per heavy atom. The third-order valence-electron chi connectivity index (χ3n) is 7.12. The first kappa shape index (κ1) is 33.1. The average Bonchev–Trinajstić information content (AvgIpc) is 2.84. The molecule has 0 aliphatic heterocycles. The van der Waals surface area contributed by atoms with E-state index in [1.165, 1.54) is 136 Å². The van der Waals surface area contributed by atoms with Crippen LogP contribution in [0.25, 0.3) is 0 Å². The standard InChI is InChI=1S/C31H60O3/c1-3-4-5-6-7-8-9-10-11-12-13-15-18-21-24-27-30(32)28-25-22-19-16-14-17-20-23-26-29-31(33)34-2/h3-29H2,1-2H3. The summed E-state index contributed by atoms with van der Waals surface area (Å²) >= 11 is 0. The molecule has 0 saturated carbocycles. The highest BCUT2D eigenvalue weighted by atomic mass is 16.5. The molecule has 0 aliphatic carbocycles. The lowest BCUT2D eigenvalue weighted by Crippen LogP contribution is -1.99. The molecular weight excluding hydrogens is 420 g/mol. The molecule has 3 heteroatoms. The maximum absolute atomic E-state index is 12.0. The lowest BCUT2D eigenvalue weighted by Gasteiger charge is -2.04. The third kappa shape index (κ3) is 27.4. The summed E-state index contributed by atoms with van der Waals surface area (Å²) in [4.78, 5) is 23.1. The molecule has 34 heavy (non-hydrogen) atoms. The molecule has 202 valence electrons. The number of ether oxygens (including phenoxy) is 1. The summed E-state index contributed by atoms with van der Waals surface area (Å²) in [6, 6.07) is 0. The Morgan fingerprint density at radius 2 is 0.676 bits per heavy atom. The van der Waals surface area contributed by atoms with E-state index < -0.39 is 0 Å². The number of methoxy groups -OCH3 is 1. The van der Waals surface area contributed by atoms with Gasteiger partial charge in [0.25, 0.3) is 0 Å². The van der Waals surface area contributed by atoms with Crippen molar-refractivity contribution in [2.45, 2.75) is 180 Å². The second-order valence-corrected chi connectivity index (χ2v) is 10.5. The molecule has 0 aromatic carbocycles. The quantitative estimate of drug-likeness (QED) is 0.0826. The largest absolute Gasteiger partial charge is 0.469 e. The van der Waals surface area contributed by atoms with Crippen LogP contribution in [0.1, 0.15) is 180 Å². The van der Waals surface area contributed by atoms with Gasteiger partial charge in [0.1, 0.15) is 5.78 Å². The zero-order valence-corrected chi connectivity index (χ0v) is 23.3. The maximum Gasteiger partial charge on any atom is 0.305 e. The summed E-state index contributed by atoms with van der Waals surface area (Å²) in [6.07, 6.45) is 33.5. The van der Waals surface area contributed by atoms with Crippen LogP contribution in [0, 0.1) is 0 Å². The number of hydrogen-bond donors (Lipinski definition) is 0. The molecule has 0 heterocycles. The first-order chi connectivity index (χ1) is 16.7. The first-order valence-electron chi connectivity index (χ1n) is 15.3. The molecule has 0 unspecified atom stereocenters. The highest BCUT2D eigenvalue weighted by Crippen LogP contribution is 2.15. The molecule has 0 amide bonds. The molecule has 0 aliphatic rings. The topological polar surface area (TPSA) is 43.4 Å². The molecule has 0 radical (unpaired) electrons. The van der Waals surface area contributed by atoms with Crippen LogP contribution in [0.2, 0.25) is 0 Å². The van der Waals surface area contributed by atoms with Gasteiger partial charge in [0.05, 0.1) is 7.11 Å². The Balaban J connectivity index is 3.17. The zero-order chi connectivity index (χ0) is 25.0. The van der Waals surface area contributed by atoms with Crippen LogP contribution in [-0.4, -0.2) is 18.9 Å². The molecule has 0 N–H and O–H groups in total. The summed E-state index contributed by atoms with van der Waals surface area (Å²) in [5.74, 6) is 0.398. The number of unbranched alkanes of at least 4 members (excludes halogenated alkanes) is 22. The number of hydrogen-bond acceptors (Lipinski definition) is 3. The van der Waals surface area contributed by atoms with E-state index in [0.717, 1.165) is 38.5 Å². The van der Waals surface area contributed by atoms with Crippen molar-refractivity contribution in [3.8, 4) is 0 Å². The maximum atomic E-state index is 12.0. The van der Waals surface area contributed by atoms with Crippen LogP contribution in [0.4, 0.5) is 0 Å². The molecule has 0 spiro atoms. The van der Waals surface area contributed by atoms with Gasteiger partial charge in [-0.1, -0.05) is 142 Å². The number of carbonyl (C=O) groups excluding carboxylic acids is 2. The number of Topliss-reactive ketones (excluding diaryl/α,β-unsaturated/α-hetero) is 1. The van der Waals surface area contributed by atoms with Crippen molar-refractivity contribution in [3.05, 3.63) is 0 Å². The summed E-state index contributed by atoms with van der Waals surface area (Å²) in [5, 5.41) is 0. The Kier molecular flexibility index (Phi) is 27.7. The van der Waals surface area contributed by atoms with E-state index in [9.17, 15) is 9.59 Å². The van der Waals surface area contributed by atoms with E-state index in [1.54, 1.807) is 0 Å². The van der Waals surface area contributed by atoms with E-state index in [-0.39, 0.29) is 5.97 Å². The van der Waals surface area contributed by atoms with Crippen LogP contribution in [0.3, 0.4) is 0 Å². The highest BCUT2D eigenvalue weighted by Gasteiger charge is 2.03. The fourth-order valence-electron chi connectivity index (χ4n) is 4.75. The minimum absolute atomic E-state index is 0.0888. The van der Waals surface area contributed by atoms with E-state index in [4.69, 9.17) is 0 Å². The summed E-state index contributed by atoms with van der Waals surface area (Å²) in [6.45, 7) is 2.28. The summed E-state index contributed by atoms with van der Waals surface area (Å²) < 4.78 is 4.65. The number of esters is 1. The lowest BCUT2D eigenvalue weighted by atomic mass is 10.0. The van der Waals surface area contributed by atoms with E-state index >= 15 is 0 Å². The molecule has 0 aromatic rings. The SMILES string of the molecule is CCCCCCCCCCCCCCCCCC(=O)CCCCCCCCCCCC(=O)OC. The van der Waals surface area contributed by atoms with Gasteiger partial charge in [-0.3, -0.25) is 9.59 Å². The van der Waals surface area contributed by atoms with Gasteiger partial charge in [-0.15, -0.1) is 0 Å². The Hall–Kier alpha value is -0.860. The van der Waals surface area contributed by atoms with Gasteiger partial charge in [-0.05, 0) is 19.3 Å². The molecule has 0 bridgehead atoms. The van der Waals surface area contributed by atoms with E-state index in [2.05, 4.69) is 11.7 Å². The minimum Gasteiger partial charge on any atom is -0.469 e. The van der Waals surface area contributed by atoms with Crippen LogP contribution in [0.5, 0.6) is 0 Å². The van der Waals surface area contributed by atoms with Crippen molar-refractivity contribution in [1.82, 2.24) is 0 Å². The number of rotatable bonds is 28. The van der Waals surface area contributed by atoms with Crippen LogP contribution in [-0.2, 0) is 14.3 Å². The van der Waals surface area contributed by atoms with Crippen molar-refractivity contribution in [2.75, 3.05) is 7.11 Å². The average molecular weight is 481 g/mol. The van der Waals surface area contributed by atoms with Crippen molar-refractivity contribution in [2.24, 2.45) is 0 Å². The Morgan fingerprint density at radius 3 is 0.971 bits per heavy atom. The monoisotopic (exact) mass is 480 g/mol. The fraction of sp³-hybridized carbons (Fsp3) is 0.935. The summed E-state index contributed by atoms with van der Waals surface area (Å²) in [7, 11) is 1.46.